The third-order valence-corrected chi connectivity index (χ3v) is 5.88. The van der Waals surface area contributed by atoms with Gasteiger partial charge in [-0.25, -0.2) is 0 Å². The number of aromatic nitrogens is 1. The van der Waals surface area contributed by atoms with Crippen LogP contribution in [0.3, 0.4) is 0 Å². The molecule has 0 saturated carbocycles. The second-order valence-electron chi connectivity index (χ2n) is 6.99. The molecule has 1 aromatic carbocycles. The quantitative estimate of drug-likeness (QED) is 0.657. The summed E-state index contributed by atoms with van der Waals surface area (Å²) in [5, 5.41) is 4.33. The molecule has 3 rings (SSSR count). The predicted octanol–water partition coefficient (Wildman–Crippen LogP) is 6.13. The molecule has 0 amide bonds. The summed E-state index contributed by atoms with van der Waals surface area (Å²) in [7, 11) is 0. The molecule has 3 nitrogen and oxygen atoms in total. The fourth-order valence-electron chi connectivity index (χ4n) is 3.42. The van der Waals surface area contributed by atoms with Gasteiger partial charge in [0.05, 0.1) is 0 Å². The second kappa shape index (κ2) is 9.08. The number of nitrogens with one attached hydrogen (secondary N) is 1. The molecule has 0 radical (unpaired) electrons. The Bertz CT molecular complexity index is 903. The van der Waals surface area contributed by atoms with Crippen LogP contribution in [-0.4, -0.2) is 27.5 Å². The summed E-state index contributed by atoms with van der Waals surface area (Å²) >= 11 is 8.51. The van der Waals surface area contributed by atoms with E-state index in [1.54, 1.807) is 18.0 Å². The normalized spacial score (nSPS) is 24.9. The molecule has 1 aliphatic rings. The van der Waals surface area contributed by atoms with Crippen molar-refractivity contribution >= 4 is 34.6 Å². The third-order valence-electron chi connectivity index (χ3n) is 4.51. The van der Waals surface area contributed by atoms with Crippen LogP contribution in [-0.2, 0) is 0 Å². The summed E-state index contributed by atoms with van der Waals surface area (Å²) in [6.45, 7) is 8.40. The Hall–Kier alpha value is -1.88. The molecule has 1 aromatic heterocycles. The molecular formula is C23H26ClN3S. The molecule has 1 N–H and O–H groups in total. The highest BCUT2D eigenvalue weighted by atomic mass is 35.5. The first kappa shape index (κ1) is 20.8. The van der Waals surface area contributed by atoms with Crippen molar-refractivity contribution in [2.45, 2.75) is 38.7 Å². The van der Waals surface area contributed by atoms with Crippen LogP contribution in [0.2, 0.25) is 0 Å². The van der Waals surface area contributed by atoms with E-state index in [9.17, 15) is 0 Å². The molecule has 1 aliphatic heterocycles. The highest BCUT2D eigenvalue weighted by molar-refractivity contribution is 8.00. The Morgan fingerprint density at radius 3 is 2.50 bits per heavy atom. The molecule has 0 fully saturated rings. The first-order valence-electron chi connectivity index (χ1n) is 9.48. The summed E-state index contributed by atoms with van der Waals surface area (Å²) in [6, 6.07) is 12.6. The second-order valence-corrected chi connectivity index (χ2v) is 9.06. The molecular weight excluding hydrogens is 386 g/mol. The minimum Gasteiger partial charge on any atom is -0.279 e. The van der Waals surface area contributed by atoms with Crippen molar-refractivity contribution < 1.29 is 0 Å². The van der Waals surface area contributed by atoms with Gasteiger partial charge in [0.1, 0.15) is 0 Å². The standard InChI is InChI=1S/C23H26ClN3S/c1-5-28-23(4)26-16(2)13-21(22(24)14-17(3)27-23)19-10-8-18(9-11-19)20-7-6-12-25-15-20/h6-16,26H,5H2,1-4H3/b21-13?,22-14+,27-17?. The van der Waals surface area contributed by atoms with Crippen LogP contribution in [0.1, 0.15) is 33.3 Å². The maximum Gasteiger partial charge on any atom is 0.155 e. The SMILES string of the molecule is CCSC1(C)N=C(C)/C=C(/Cl)C(c2ccc(-c3cccnc3)cc2)=CC(C)N1. The summed E-state index contributed by atoms with van der Waals surface area (Å²) in [4.78, 5) is 8.70. The average Bonchev–Trinajstić information content (AvgIpc) is 2.70. The van der Waals surface area contributed by atoms with Gasteiger partial charge in [0, 0.05) is 29.2 Å². The monoisotopic (exact) mass is 411 g/mol. The highest BCUT2D eigenvalue weighted by Crippen LogP contribution is 2.32. The summed E-state index contributed by atoms with van der Waals surface area (Å²) in [5.74, 6) is 0.983. The van der Waals surface area contributed by atoms with E-state index >= 15 is 0 Å². The van der Waals surface area contributed by atoms with E-state index in [2.05, 4.69) is 67.5 Å². The van der Waals surface area contributed by atoms with Crippen LogP contribution in [0.4, 0.5) is 0 Å². The van der Waals surface area contributed by atoms with Crippen molar-refractivity contribution in [1.82, 2.24) is 10.3 Å². The lowest BCUT2D eigenvalue weighted by atomic mass is 9.99. The molecule has 5 heteroatoms. The van der Waals surface area contributed by atoms with E-state index in [0.29, 0.717) is 5.03 Å². The molecule has 0 bridgehead atoms. The van der Waals surface area contributed by atoms with E-state index in [4.69, 9.17) is 16.6 Å². The van der Waals surface area contributed by atoms with E-state index < -0.39 is 0 Å². The minimum absolute atomic E-state index is 0.119. The van der Waals surface area contributed by atoms with Gasteiger partial charge in [0.15, 0.2) is 4.99 Å². The van der Waals surface area contributed by atoms with Crippen molar-refractivity contribution in [3.63, 3.8) is 0 Å². The van der Waals surface area contributed by atoms with E-state index in [-0.39, 0.29) is 11.0 Å². The number of aliphatic imine (C=N–C) groups is 1. The highest BCUT2D eigenvalue weighted by Gasteiger charge is 2.25. The number of benzene rings is 1. The number of pyridine rings is 1. The minimum atomic E-state index is -0.373. The molecule has 28 heavy (non-hydrogen) atoms. The maximum absolute atomic E-state index is 6.72. The van der Waals surface area contributed by atoms with Crippen LogP contribution >= 0.6 is 23.4 Å². The number of hydrogen-bond donors (Lipinski definition) is 1. The smallest absolute Gasteiger partial charge is 0.155 e. The lowest BCUT2D eigenvalue weighted by Gasteiger charge is -2.29. The van der Waals surface area contributed by atoms with Crippen molar-refractivity contribution in [3.05, 3.63) is 71.5 Å². The zero-order valence-corrected chi connectivity index (χ0v) is 18.3. The Morgan fingerprint density at radius 1 is 1.14 bits per heavy atom. The van der Waals surface area contributed by atoms with Gasteiger partial charge in [0.2, 0.25) is 0 Å². The van der Waals surface area contributed by atoms with Gasteiger partial charge in [-0.05, 0) is 60.9 Å². The molecule has 0 spiro atoms. The van der Waals surface area contributed by atoms with Crippen molar-refractivity contribution in [1.29, 1.82) is 0 Å². The van der Waals surface area contributed by atoms with Crippen molar-refractivity contribution in [2.24, 2.45) is 4.99 Å². The maximum atomic E-state index is 6.72. The number of thioether (sulfide) groups is 1. The molecule has 0 saturated heterocycles. The molecule has 2 heterocycles. The Kier molecular flexibility index (Phi) is 6.76. The lowest BCUT2D eigenvalue weighted by molar-refractivity contribution is 0.492. The molecule has 2 atom stereocenters. The number of nitrogens with zero attached hydrogens (tertiary/aromatic N) is 2. The Morgan fingerprint density at radius 2 is 1.86 bits per heavy atom. The van der Waals surface area contributed by atoms with Gasteiger partial charge < -0.3 is 0 Å². The molecule has 146 valence electrons. The first-order chi connectivity index (χ1) is 13.4. The largest absolute Gasteiger partial charge is 0.279 e. The van der Waals surface area contributed by atoms with E-state index in [1.807, 2.05) is 25.3 Å². The average molecular weight is 412 g/mol. The lowest BCUT2D eigenvalue weighted by Crippen LogP contribution is -2.43. The zero-order chi connectivity index (χ0) is 20.1. The van der Waals surface area contributed by atoms with Crippen LogP contribution in [0.25, 0.3) is 16.7 Å². The Labute approximate surface area is 177 Å². The number of hydrogen-bond acceptors (Lipinski definition) is 4. The summed E-state index contributed by atoms with van der Waals surface area (Å²) in [5.41, 5.74) is 5.25. The van der Waals surface area contributed by atoms with Gasteiger partial charge in [-0.2, -0.15) is 0 Å². The van der Waals surface area contributed by atoms with Gasteiger partial charge in [-0.1, -0.05) is 54.9 Å². The summed E-state index contributed by atoms with van der Waals surface area (Å²) < 4.78 is 0. The molecule has 2 unspecified atom stereocenters. The predicted molar refractivity (Wildman–Crippen MR) is 124 cm³/mol. The van der Waals surface area contributed by atoms with Gasteiger partial charge in [-0.3, -0.25) is 15.3 Å². The fraction of sp³-hybridized carbons (Fsp3) is 0.304. The van der Waals surface area contributed by atoms with E-state index in [1.165, 1.54) is 0 Å². The topological polar surface area (TPSA) is 37.3 Å². The van der Waals surface area contributed by atoms with Crippen molar-refractivity contribution in [2.75, 3.05) is 5.75 Å². The van der Waals surface area contributed by atoms with Gasteiger partial charge in [0.25, 0.3) is 0 Å². The van der Waals surface area contributed by atoms with E-state index in [0.717, 1.165) is 33.7 Å². The van der Waals surface area contributed by atoms with Gasteiger partial charge in [-0.15, -0.1) is 11.8 Å². The number of allylic oxidation sites excluding steroid dienone is 3. The van der Waals surface area contributed by atoms with Crippen LogP contribution in [0.5, 0.6) is 0 Å². The zero-order valence-electron chi connectivity index (χ0n) is 16.7. The van der Waals surface area contributed by atoms with Crippen LogP contribution in [0, 0.1) is 0 Å². The summed E-state index contributed by atoms with van der Waals surface area (Å²) in [6.07, 6.45) is 7.80. The molecule has 0 aliphatic carbocycles. The Balaban J connectivity index is 1.96. The number of rotatable bonds is 4. The third kappa shape index (κ3) is 5.13. The number of halogens is 1. The van der Waals surface area contributed by atoms with Crippen LogP contribution in [0.15, 0.2) is 71.0 Å². The van der Waals surface area contributed by atoms with Crippen LogP contribution < -0.4 is 5.32 Å². The van der Waals surface area contributed by atoms with Crippen molar-refractivity contribution in [3.8, 4) is 11.1 Å². The van der Waals surface area contributed by atoms with Gasteiger partial charge >= 0.3 is 0 Å². The molecule has 2 aromatic rings. The fourth-order valence-corrected chi connectivity index (χ4v) is 4.79. The first-order valence-corrected chi connectivity index (χ1v) is 10.8.